The number of aliphatic imine (C=N–C) groups is 1. The van der Waals surface area contributed by atoms with E-state index in [0.717, 1.165) is 17.2 Å². The molecule has 186 valence electrons. The van der Waals surface area contributed by atoms with E-state index in [1.165, 1.54) is 69.3 Å². The Balaban J connectivity index is 1.30. The summed E-state index contributed by atoms with van der Waals surface area (Å²) in [6.45, 7) is 0. The number of fused-ring (bicyclic) bond motifs is 12. The van der Waals surface area contributed by atoms with E-state index in [1.54, 1.807) is 0 Å². The minimum absolute atomic E-state index is 0.117. The van der Waals surface area contributed by atoms with Crippen LogP contribution in [0.15, 0.2) is 120 Å². The van der Waals surface area contributed by atoms with Crippen molar-refractivity contribution < 1.29 is 0 Å². The summed E-state index contributed by atoms with van der Waals surface area (Å²) in [5, 5.41) is 12.8. The number of aromatic nitrogens is 1. The molecule has 8 aromatic rings. The van der Waals surface area contributed by atoms with Crippen LogP contribution in [0.4, 0.5) is 11.5 Å². The highest BCUT2D eigenvalue weighted by Gasteiger charge is 2.29. The highest BCUT2D eigenvalue weighted by molar-refractivity contribution is 7.26. The molecule has 0 amide bonds. The fourth-order valence-electron chi connectivity index (χ4n) is 6.96. The number of rotatable bonds is 1. The maximum Gasteiger partial charge on any atom is 0.162 e. The van der Waals surface area contributed by atoms with Gasteiger partial charge in [0.15, 0.2) is 5.82 Å². The Morgan fingerprint density at radius 2 is 1.50 bits per heavy atom. The van der Waals surface area contributed by atoms with Crippen LogP contribution in [0.5, 0.6) is 0 Å². The Morgan fingerprint density at radius 3 is 2.50 bits per heavy atom. The van der Waals surface area contributed by atoms with Crippen molar-refractivity contribution in [3.05, 3.63) is 115 Å². The van der Waals surface area contributed by atoms with Crippen molar-refractivity contribution in [3.63, 3.8) is 0 Å². The SMILES string of the molecule is C1=CC2=Nc3c(c4cccc5c6ccc7c8ccc(-c9cccc%10ccccc9%10)cc8sc7c6n3c45)NC2C=C1. The predicted octanol–water partition coefficient (Wildman–Crippen LogP) is 9.86. The van der Waals surface area contributed by atoms with Crippen LogP contribution >= 0.6 is 11.3 Å². The average Bonchev–Trinajstić information content (AvgIpc) is 3.66. The maximum atomic E-state index is 5.23. The lowest BCUT2D eigenvalue weighted by molar-refractivity contribution is 1.11. The number of hydrogen-bond donors (Lipinski definition) is 1. The number of thiophene rings is 1. The molecule has 1 unspecified atom stereocenters. The van der Waals surface area contributed by atoms with E-state index in [0.29, 0.717) is 0 Å². The summed E-state index contributed by atoms with van der Waals surface area (Å²) in [5.74, 6) is 1.01. The standard InChI is InChI=1S/C36H21N3S/c1-2-9-22-20(7-1)8-5-10-23(22)21-15-16-24-27-18-17-26-25-11-6-12-28-32-36(38-30-14-4-3-13-29(30)37-32)39(33(25)28)34(26)35(27)40-31(24)19-21/h1-19,29,37H. The number of allylic oxidation sites excluding steroid dienone is 2. The Labute approximate surface area is 233 Å². The van der Waals surface area contributed by atoms with Crippen LogP contribution in [0, 0.1) is 0 Å². The van der Waals surface area contributed by atoms with Crippen molar-refractivity contribution in [3.8, 4) is 11.1 Å². The number of nitrogens with zero attached hydrogens (tertiary/aromatic N) is 2. The molecule has 4 heterocycles. The van der Waals surface area contributed by atoms with Crippen LogP contribution in [0.1, 0.15) is 0 Å². The summed E-state index contributed by atoms with van der Waals surface area (Å²) < 4.78 is 5.05. The second-order valence-electron chi connectivity index (χ2n) is 10.8. The molecule has 0 radical (unpaired) electrons. The second kappa shape index (κ2) is 7.38. The van der Waals surface area contributed by atoms with Crippen LogP contribution in [0.2, 0.25) is 0 Å². The smallest absolute Gasteiger partial charge is 0.162 e. The Kier molecular flexibility index (Phi) is 3.87. The first-order valence-electron chi connectivity index (χ1n) is 13.7. The summed E-state index contributed by atoms with van der Waals surface area (Å²) in [4.78, 5) is 5.23. The Bertz CT molecular complexity index is 2460. The maximum absolute atomic E-state index is 5.23. The van der Waals surface area contributed by atoms with Crippen LogP contribution in [-0.2, 0) is 0 Å². The molecular weight excluding hydrogens is 506 g/mol. The van der Waals surface area contributed by atoms with Gasteiger partial charge in [0.25, 0.3) is 0 Å². The van der Waals surface area contributed by atoms with Crippen LogP contribution in [0.25, 0.3) is 69.3 Å². The van der Waals surface area contributed by atoms with E-state index in [2.05, 4.69) is 125 Å². The third-order valence-electron chi connectivity index (χ3n) is 8.73. The van der Waals surface area contributed by atoms with Crippen molar-refractivity contribution in [2.45, 2.75) is 6.04 Å². The largest absolute Gasteiger partial charge is 0.370 e. The first-order valence-corrected chi connectivity index (χ1v) is 14.5. The van der Waals surface area contributed by atoms with E-state index >= 15 is 0 Å². The number of benzene rings is 5. The highest BCUT2D eigenvalue weighted by Crippen LogP contribution is 2.49. The van der Waals surface area contributed by atoms with E-state index < -0.39 is 0 Å². The fourth-order valence-corrected chi connectivity index (χ4v) is 8.24. The van der Waals surface area contributed by atoms with Gasteiger partial charge in [0.2, 0.25) is 0 Å². The number of nitrogens with one attached hydrogen (secondary N) is 1. The van der Waals surface area contributed by atoms with Crippen LogP contribution in [-0.4, -0.2) is 16.2 Å². The van der Waals surface area contributed by atoms with E-state index in [4.69, 9.17) is 4.99 Å². The first kappa shape index (κ1) is 21.0. The predicted molar refractivity (Wildman–Crippen MR) is 172 cm³/mol. The molecule has 1 atom stereocenters. The van der Waals surface area contributed by atoms with E-state index in [9.17, 15) is 0 Å². The van der Waals surface area contributed by atoms with E-state index in [-0.39, 0.29) is 6.04 Å². The normalized spacial score (nSPS) is 16.4. The van der Waals surface area contributed by atoms with Crippen LogP contribution < -0.4 is 5.32 Å². The molecule has 0 saturated carbocycles. The lowest BCUT2D eigenvalue weighted by Crippen LogP contribution is -2.29. The molecule has 3 nitrogen and oxygen atoms in total. The molecule has 1 N–H and O–H groups in total. The minimum Gasteiger partial charge on any atom is -0.370 e. The molecule has 2 aliphatic rings. The summed E-state index contributed by atoms with van der Waals surface area (Å²) in [6.07, 6.45) is 8.48. The van der Waals surface area contributed by atoms with Gasteiger partial charge in [0.1, 0.15) is 0 Å². The van der Waals surface area contributed by atoms with Crippen molar-refractivity contribution in [1.29, 1.82) is 0 Å². The molecule has 1 aliphatic carbocycles. The zero-order valence-corrected chi connectivity index (χ0v) is 22.2. The molecule has 0 spiro atoms. The quantitative estimate of drug-likeness (QED) is 0.226. The van der Waals surface area contributed by atoms with Gasteiger partial charge in [-0.05, 0) is 34.0 Å². The second-order valence-corrected chi connectivity index (χ2v) is 11.9. The Morgan fingerprint density at radius 1 is 0.700 bits per heavy atom. The first-order chi connectivity index (χ1) is 19.8. The van der Waals surface area contributed by atoms with Gasteiger partial charge in [-0.1, -0.05) is 103 Å². The summed E-state index contributed by atoms with van der Waals surface area (Å²) in [5.41, 5.74) is 7.25. The van der Waals surface area contributed by atoms with Gasteiger partial charge in [-0.3, -0.25) is 4.40 Å². The van der Waals surface area contributed by atoms with Crippen molar-refractivity contribution in [2.75, 3.05) is 5.32 Å². The average molecular weight is 528 g/mol. The van der Waals surface area contributed by atoms with Gasteiger partial charge in [-0.25, -0.2) is 4.99 Å². The lowest BCUT2D eigenvalue weighted by Gasteiger charge is -2.23. The summed E-state index contributed by atoms with van der Waals surface area (Å²) in [7, 11) is 0. The van der Waals surface area contributed by atoms with Gasteiger partial charge in [0, 0.05) is 31.6 Å². The molecule has 0 fully saturated rings. The summed E-state index contributed by atoms with van der Waals surface area (Å²) in [6, 6.07) is 33.6. The molecule has 0 bridgehead atoms. The van der Waals surface area contributed by atoms with Crippen LogP contribution in [0.3, 0.4) is 0 Å². The third-order valence-corrected chi connectivity index (χ3v) is 9.90. The summed E-state index contributed by atoms with van der Waals surface area (Å²) >= 11 is 1.90. The third kappa shape index (κ3) is 2.57. The molecular formula is C36H21N3S. The van der Waals surface area contributed by atoms with Crippen molar-refractivity contribution >= 4 is 86.7 Å². The van der Waals surface area contributed by atoms with Gasteiger partial charge >= 0.3 is 0 Å². The molecule has 4 heteroatoms. The molecule has 1 aliphatic heterocycles. The monoisotopic (exact) mass is 527 g/mol. The van der Waals surface area contributed by atoms with E-state index in [1.807, 2.05) is 11.3 Å². The molecule has 5 aromatic carbocycles. The number of anilines is 1. The highest BCUT2D eigenvalue weighted by atomic mass is 32.1. The fraction of sp³-hybridized carbons (Fsp3) is 0.0278. The zero-order chi connectivity index (χ0) is 25.9. The minimum atomic E-state index is 0.117. The number of para-hydroxylation sites is 1. The van der Waals surface area contributed by atoms with Gasteiger partial charge in [0.05, 0.1) is 33.2 Å². The molecule has 0 saturated heterocycles. The van der Waals surface area contributed by atoms with Gasteiger partial charge < -0.3 is 5.32 Å². The molecule has 40 heavy (non-hydrogen) atoms. The molecule has 10 rings (SSSR count). The lowest BCUT2D eigenvalue weighted by atomic mass is 9.97. The van der Waals surface area contributed by atoms with Gasteiger partial charge in [-0.2, -0.15) is 0 Å². The molecule has 3 aromatic heterocycles. The topological polar surface area (TPSA) is 28.8 Å². The number of hydrogen-bond acceptors (Lipinski definition) is 3. The van der Waals surface area contributed by atoms with Gasteiger partial charge in [-0.15, -0.1) is 11.3 Å². The zero-order valence-electron chi connectivity index (χ0n) is 21.3. The van der Waals surface area contributed by atoms with Crippen molar-refractivity contribution in [2.24, 2.45) is 4.99 Å². The Hall–Kier alpha value is -4.93. The van der Waals surface area contributed by atoms with Crippen molar-refractivity contribution in [1.82, 2.24) is 4.40 Å².